The summed E-state index contributed by atoms with van der Waals surface area (Å²) >= 11 is 13.2. The molecule has 0 amide bonds. The molecule has 0 atom stereocenters. The molecule has 7 heteroatoms. The smallest absolute Gasteiger partial charge is 0.346 e. The molecule has 1 heterocycles. The van der Waals surface area contributed by atoms with Crippen LogP contribution in [0.15, 0.2) is 48.5 Å². The Labute approximate surface area is 156 Å². The van der Waals surface area contributed by atoms with Gasteiger partial charge in [0.1, 0.15) is 9.75 Å². The van der Waals surface area contributed by atoms with E-state index in [4.69, 9.17) is 23.2 Å². The summed E-state index contributed by atoms with van der Waals surface area (Å²) in [6.45, 7) is 0. The molecule has 0 saturated heterocycles. The van der Waals surface area contributed by atoms with E-state index in [9.17, 15) is 19.8 Å². The number of thiophene rings is 1. The van der Waals surface area contributed by atoms with Crippen LogP contribution < -0.4 is 0 Å². The molecule has 1 aromatic heterocycles. The largest absolute Gasteiger partial charge is 0.477 e. The topological polar surface area (TPSA) is 74.6 Å². The van der Waals surface area contributed by atoms with Crippen molar-refractivity contribution < 1.29 is 19.8 Å². The van der Waals surface area contributed by atoms with Gasteiger partial charge in [-0.05, 0) is 12.1 Å². The molecule has 0 spiro atoms. The molecule has 0 unspecified atom stereocenters. The molecule has 0 radical (unpaired) electrons. The summed E-state index contributed by atoms with van der Waals surface area (Å²) in [6, 6.07) is 13.4. The molecule has 0 aliphatic heterocycles. The third kappa shape index (κ3) is 3.14. The van der Waals surface area contributed by atoms with Crippen LogP contribution >= 0.6 is 34.5 Å². The second-order valence-corrected chi connectivity index (χ2v) is 6.92. The quantitative estimate of drug-likeness (QED) is 0.589. The zero-order valence-electron chi connectivity index (χ0n) is 12.5. The average molecular weight is 393 g/mol. The molecule has 0 aliphatic rings. The lowest BCUT2D eigenvalue weighted by molar-refractivity contribution is 0.0694. The average Bonchev–Trinajstić information content (AvgIpc) is 2.96. The molecule has 3 rings (SSSR count). The van der Waals surface area contributed by atoms with E-state index in [1.165, 1.54) is 0 Å². The Morgan fingerprint density at radius 1 is 0.720 bits per heavy atom. The molecule has 2 aromatic carbocycles. The highest BCUT2D eigenvalue weighted by molar-refractivity contribution is 7.17. The standard InChI is InChI=1S/C18H10Cl2O4S/c19-11-7-3-1-5-9(11)13-14(10-6-2-4-8-12(10)20)16(18(23)24)25-15(13)17(21)22/h1-8H,(H,21,22)(H,23,24). The van der Waals surface area contributed by atoms with Crippen molar-refractivity contribution in [2.24, 2.45) is 0 Å². The summed E-state index contributed by atoms with van der Waals surface area (Å²) in [7, 11) is 0. The van der Waals surface area contributed by atoms with Gasteiger partial charge in [0.05, 0.1) is 0 Å². The number of hydrogen-bond donors (Lipinski definition) is 2. The highest BCUT2D eigenvalue weighted by Gasteiger charge is 2.29. The molecule has 0 saturated carbocycles. The normalized spacial score (nSPS) is 10.6. The van der Waals surface area contributed by atoms with Crippen LogP contribution in [-0.4, -0.2) is 22.2 Å². The van der Waals surface area contributed by atoms with Gasteiger partial charge in [-0.1, -0.05) is 59.6 Å². The van der Waals surface area contributed by atoms with Crippen LogP contribution in [0.1, 0.15) is 19.3 Å². The molecule has 25 heavy (non-hydrogen) atoms. The van der Waals surface area contributed by atoms with Gasteiger partial charge in [0.2, 0.25) is 0 Å². The van der Waals surface area contributed by atoms with E-state index in [0.717, 1.165) is 0 Å². The van der Waals surface area contributed by atoms with Crippen molar-refractivity contribution in [2.75, 3.05) is 0 Å². The molecule has 0 bridgehead atoms. The lowest BCUT2D eigenvalue weighted by Gasteiger charge is -2.10. The number of halogens is 2. The minimum atomic E-state index is -1.22. The SMILES string of the molecule is O=C(O)c1sc(C(=O)O)c(-c2ccccc2Cl)c1-c1ccccc1Cl. The fourth-order valence-corrected chi connectivity index (χ4v) is 4.04. The molecule has 126 valence electrons. The highest BCUT2D eigenvalue weighted by Crippen LogP contribution is 2.47. The van der Waals surface area contributed by atoms with Gasteiger partial charge in [0, 0.05) is 32.3 Å². The van der Waals surface area contributed by atoms with Crippen LogP contribution in [-0.2, 0) is 0 Å². The predicted molar refractivity (Wildman–Crippen MR) is 99.1 cm³/mol. The third-order valence-electron chi connectivity index (χ3n) is 3.58. The van der Waals surface area contributed by atoms with Crippen LogP contribution in [0.4, 0.5) is 0 Å². The van der Waals surface area contributed by atoms with E-state index >= 15 is 0 Å². The van der Waals surface area contributed by atoms with E-state index in [1.807, 2.05) is 0 Å². The van der Waals surface area contributed by atoms with Crippen LogP contribution in [0.5, 0.6) is 0 Å². The summed E-state index contributed by atoms with van der Waals surface area (Å²) < 4.78 is 0. The number of carboxylic acid groups (broad SMARTS) is 2. The molecule has 3 aromatic rings. The first kappa shape index (κ1) is 17.5. The van der Waals surface area contributed by atoms with Crippen molar-refractivity contribution in [1.82, 2.24) is 0 Å². The minimum absolute atomic E-state index is 0.0968. The van der Waals surface area contributed by atoms with Crippen LogP contribution in [0, 0.1) is 0 Å². The lowest BCUT2D eigenvalue weighted by atomic mass is 9.94. The molecule has 0 aliphatic carbocycles. The Balaban J connectivity index is 2.48. The van der Waals surface area contributed by atoms with Gasteiger partial charge >= 0.3 is 11.9 Å². The second kappa shape index (κ2) is 6.88. The first-order valence-electron chi connectivity index (χ1n) is 7.05. The van der Waals surface area contributed by atoms with Crippen molar-refractivity contribution >= 4 is 46.5 Å². The van der Waals surface area contributed by atoms with E-state index in [-0.39, 0.29) is 20.9 Å². The summed E-state index contributed by atoms with van der Waals surface area (Å²) in [5.74, 6) is -2.44. The molecule has 0 fully saturated rings. The second-order valence-electron chi connectivity index (χ2n) is 5.08. The Morgan fingerprint density at radius 2 is 1.08 bits per heavy atom. The van der Waals surface area contributed by atoms with Gasteiger partial charge in [-0.3, -0.25) is 0 Å². The van der Waals surface area contributed by atoms with Crippen molar-refractivity contribution in [3.63, 3.8) is 0 Å². The zero-order valence-corrected chi connectivity index (χ0v) is 14.8. The number of carbonyl (C=O) groups is 2. The van der Waals surface area contributed by atoms with Crippen molar-refractivity contribution in [3.05, 3.63) is 68.3 Å². The Morgan fingerprint density at radius 3 is 1.40 bits per heavy atom. The van der Waals surface area contributed by atoms with Crippen molar-refractivity contribution in [1.29, 1.82) is 0 Å². The Hall–Kier alpha value is -2.34. The maximum atomic E-state index is 11.8. The van der Waals surface area contributed by atoms with E-state index < -0.39 is 11.9 Å². The first-order valence-corrected chi connectivity index (χ1v) is 8.62. The van der Waals surface area contributed by atoms with E-state index in [1.54, 1.807) is 48.5 Å². The summed E-state index contributed by atoms with van der Waals surface area (Å²) in [5.41, 5.74) is 1.41. The Kier molecular flexibility index (Phi) is 4.81. The predicted octanol–water partition coefficient (Wildman–Crippen LogP) is 5.79. The van der Waals surface area contributed by atoms with Gasteiger partial charge in [-0.2, -0.15) is 0 Å². The molecule has 4 nitrogen and oxygen atoms in total. The third-order valence-corrected chi connectivity index (χ3v) is 5.41. The van der Waals surface area contributed by atoms with Gasteiger partial charge < -0.3 is 10.2 Å². The van der Waals surface area contributed by atoms with Crippen molar-refractivity contribution in [2.45, 2.75) is 0 Å². The number of rotatable bonds is 4. The van der Waals surface area contributed by atoms with E-state index in [2.05, 4.69) is 0 Å². The number of carboxylic acids is 2. The number of hydrogen-bond acceptors (Lipinski definition) is 3. The van der Waals surface area contributed by atoms with E-state index in [0.29, 0.717) is 32.5 Å². The number of benzene rings is 2. The maximum Gasteiger partial charge on any atom is 0.346 e. The van der Waals surface area contributed by atoms with Gasteiger partial charge in [-0.25, -0.2) is 9.59 Å². The molecular formula is C18H10Cl2O4S. The first-order chi connectivity index (χ1) is 11.9. The van der Waals surface area contributed by atoms with Crippen molar-refractivity contribution in [3.8, 4) is 22.3 Å². The fraction of sp³-hybridized carbons (Fsp3) is 0. The minimum Gasteiger partial charge on any atom is -0.477 e. The maximum absolute atomic E-state index is 11.8. The van der Waals surface area contributed by atoms with Gasteiger partial charge in [-0.15, -0.1) is 11.3 Å². The van der Waals surface area contributed by atoms with Gasteiger partial charge in [0.15, 0.2) is 0 Å². The highest BCUT2D eigenvalue weighted by atomic mass is 35.5. The monoisotopic (exact) mass is 392 g/mol. The zero-order chi connectivity index (χ0) is 18.1. The summed E-state index contributed by atoms with van der Waals surface area (Å²) in [5, 5.41) is 19.8. The fourth-order valence-electron chi connectivity index (χ4n) is 2.57. The van der Waals surface area contributed by atoms with Gasteiger partial charge in [0.25, 0.3) is 0 Å². The molecular weight excluding hydrogens is 383 g/mol. The summed E-state index contributed by atoms with van der Waals surface area (Å²) in [6.07, 6.45) is 0. The van der Waals surface area contributed by atoms with Crippen LogP contribution in [0.3, 0.4) is 0 Å². The Bertz CT molecular complexity index is 916. The van der Waals surface area contributed by atoms with Crippen LogP contribution in [0.2, 0.25) is 10.0 Å². The van der Waals surface area contributed by atoms with Crippen LogP contribution in [0.25, 0.3) is 22.3 Å². The molecule has 2 N–H and O–H groups in total. The number of aromatic carboxylic acids is 2. The summed E-state index contributed by atoms with van der Waals surface area (Å²) in [4.78, 5) is 23.3. The lowest BCUT2D eigenvalue weighted by Crippen LogP contribution is -1.97.